The lowest BCUT2D eigenvalue weighted by atomic mass is 9.79. The Morgan fingerprint density at radius 1 is 1.16 bits per heavy atom. The van der Waals surface area contributed by atoms with Crippen molar-refractivity contribution in [1.29, 1.82) is 0 Å². The number of nitrogens with zero attached hydrogens (tertiary/aromatic N) is 1. The molecule has 134 valence electrons. The number of benzene rings is 1. The third kappa shape index (κ3) is 3.87. The molecule has 25 heavy (non-hydrogen) atoms. The smallest absolute Gasteiger partial charge is 0.493 e. The Labute approximate surface area is 160 Å². The fraction of sp³-hybridized carbons (Fsp3) is 0.471. The van der Waals surface area contributed by atoms with Crippen molar-refractivity contribution in [2.45, 2.75) is 45.5 Å². The van der Waals surface area contributed by atoms with Crippen LogP contribution in [0.4, 0.5) is 0 Å². The Bertz CT molecular complexity index is 749. The highest BCUT2D eigenvalue weighted by atomic mass is 79.9. The SMILES string of the molecule is COc1cc(B2OC(C)(C)C(C)(C)O2)ccc1OCc1csc(Br)n1. The zero-order chi connectivity index (χ0) is 18.2. The van der Waals surface area contributed by atoms with Gasteiger partial charge in [0.2, 0.25) is 0 Å². The quantitative estimate of drug-likeness (QED) is 0.682. The minimum absolute atomic E-state index is 0.377. The Morgan fingerprint density at radius 2 is 1.84 bits per heavy atom. The second-order valence-corrected chi connectivity index (χ2v) is 9.01. The molecule has 0 saturated carbocycles. The van der Waals surface area contributed by atoms with Crippen LogP contribution in [0.5, 0.6) is 11.5 Å². The normalized spacial score (nSPS) is 18.4. The van der Waals surface area contributed by atoms with Gasteiger partial charge in [-0.05, 0) is 61.2 Å². The maximum Gasteiger partial charge on any atom is 0.494 e. The van der Waals surface area contributed by atoms with E-state index in [9.17, 15) is 0 Å². The van der Waals surface area contributed by atoms with Gasteiger partial charge in [-0.2, -0.15) is 0 Å². The largest absolute Gasteiger partial charge is 0.494 e. The lowest BCUT2D eigenvalue weighted by molar-refractivity contribution is 0.00578. The third-order valence-electron chi connectivity index (χ3n) is 4.61. The summed E-state index contributed by atoms with van der Waals surface area (Å²) in [7, 11) is 1.19. The van der Waals surface area contributed by atoms with Crippen LogP contribution >= 0.6 is 27.3 Å². The zero-order valence-corrected chi connectivity index (χ0v) is 17.4. The Hall–Kier alpha value is -1.09. The summed E-state index contributed by atoms with van der Waals surface area (Å²) in [5.41, 5.74) is 1.02. The van der Waals surface area contributed by atoms with Gasteiger partial charge in [-0.15, -0.1) is 11.3 Å². The number of rotatable bonds is 5. The fourth-order valence-electron chi connectivity index (χ4n) is 2.43. The second kappa shape index (κ2) is 6.91. The molecule has 0 unspecified atom stereocenters. The van der Waals surface area contributed by atoms with Gasteiger partial charge in [-0.3, -0.25) is 0 Å². The average molecular weight is 426 g/mol. The number of aromatic nitrogens is 1. The van der Waals surface area contributed by atoms with Gasteiger partial charge in [0.25, 0.3) is 0 Å². The maximum atomic E-state index is 6.09. The third-order valence-corrected chi connectivity index (χ3v) is 6.03. The van der Waals surface area contributed by atoms with E-state index in [2.05, 4.69) is 20.9 Å². The average Bonchev–Trinajstić information content (AvgIpc) is 3.05. The molecule has 3 rings (SSSR count). The van der Waals surface area contributed by atoms with Crippen LogP contribution in [0, 0.1) is 0 Å². The first-order valence-electron chi connectivity index (χ1n) is 7.98. The standard InChI is InChI=1S/C17H21BBrNO4S/c1-16(2)17(3,4)24-18(23-16)11-6-7-13(14(8-11)21-5)22-9-12-10-25-15(19)20-12/h6-8,10H,9H2,1-5H3. The molecule has 2 heterocycles. The maximum absolute atomic E-state index is 6.09. The predicted octanol–water partition coefficient (Wildman–Crippen LogP) is 3.79. The summed E-state index contributed by atoms with van der Waals surface area (Å²) in [6, 6.07) is 5.71. The number of thiazole rings is 1. The highest BCUT2D eigenvalue weighted by Gasteiger charge is 2.51. The summed E-state index contributed by atoms with van der Waals surface area (Å²) in [5, 5.41) is 1.95. The molecule has 0 N–H and O–H groups in total. The summed E-state index contributed by atoms with van der Waals surface area (Å²) in [6.07, 6.45) is 0. The first-order valence-corrected chi connectivity index (χ1v) is 9.65. The van der Waals surface area contributed by atoms with Crippen molar-refractivity contribution in [2.75, 3.05) is 7.11 Å². The van der Waals surface area contributed by atoms with Crippen molar-refractivity contribution in [3.05, 3.63) is 33.2 Å². The molecule has 0 aliphatic carbocycles. The van der Waals surface area contributed by atoms with Crippen molar-refractivity contribution in [3.63, 3.8) is 0 Å². The highest BCUT2D eigenvalue weighted by molar-refractivity contribution is 9.11. The van der Waals surface area contributed by atoms with E-state index in [1.165, 1.54) is 11.3 Å². The van der Waals surface area contributed by atoms with E-state index >= 15 is 0 Å². The molecular weight excluding hydrogens is 405 g/mol. The second-order valence-electron chi connectivity index (χ2n) is 6.88. The Balaban J connectivity index is 1.76. The minimum Gasteiger partial charge on any atom is -0.493 e. The molecule has 1 aromatic heterocycles. The van der Waals surface area contributed by atoms with E-state index in [0.717, 1.165) is 15.1 Å². The lowest BCUT2D eigenvalue weighted by Gasteiger charge is -2.32. The van der Waals surface area contributed by atoms with Crippen molar-refractivity contribution in [1.82, 2.24) is 4.98 Å². The number of ether oxygens (including phenoxy) is 2. The first-order chi connectivity index (χ1) is 11.7. The molecule has 1 aliphatic heterocycles. The molecule has 1 aliphatic rings. The van der Waals surface area contributed by atoms with Crippen LogP contribution < -0.4 is 14.9 Å². The molecule has 1 fully saturated rings. The van der Waals surface area contributed by atoms with Crippen molar-refractivity contribution < 1.29 is 18.8 Å². The Kier molecular flexibility index (Phi) is 5.17. The summed E-state index contributed by atoms with van der Waals surface area (Å²) in [4.78, 5) is 4.32. The zero-order valence-electron chi connectivity index (χ0n) is 15.0. The summed E-state index contributed by atoms with van der Waals surface area (Å²) in [5.74, 6) is 1.30. The summed E-state index contributed by atoms with van der Waals surface area (Å²) < 4.78 is 24.3. The molecule has 8 heteroatoms. The van der Waals surface area contributed by atoms with Crippen molar-refractivity contribution >= 4 is 39.8 Å². The summed E-state index contributed by atoms with van der Waals surface area (Å²) >= 11 is 4.88. The number of hydrogen-bond donors (Lipinski definition) is 0. The van der Waals surface area contributed by atoms with Gasteiger partial charge in [-0.25, -0.2) is 4.98 Å². The van der Waals surface area contributed by atoms with E-state index in [1.807, 2.05) is 51.3 Å². The van der Waals surface area contributed by atoms with Crippen LogP contribution in [0.25, 0.3) is 0 Å². The van der Waals surface area contributed by atoms with E-state index in [0.29, 0.717) is 18.1 Å². The Morgan fingerprint density at radius 3 is 2.40 bits per heavy atom. The number of methoxy groups -OCH3 is 1. The molecule has 5 nitrogen and oxygen atoms in total. The van der Waals surface area contributed by atoms with Crippen LogP contribution in [-0.2, 0) is 15.9 Å². The van der Waals surface area contributed by atoms with Gasteiger partial charge < -0.3 is 18.8 Å². The van der Waals surface area contributed by atoms with Crippen molar-refractivity contribution in [3.8, 4) is 11.5 Å². The highest BCUT2D eigenvalue weighted by Crippen LogP contribution is 2.37. The molecule has 0 radical (unpaired) electrons. The summed E-state index contributed by atoms with van der Waals surface area (Å²) in [6.45, 7) is 8.52. The van der Waals surface area contributed by atoms with E-state index in [4.69, 9.17) is 18.8 Å². The van der Waals surface area contributed by atoms with E-state index in [1.54, 1.807) is 7.11 Å². The molecule has 0 atom stereocenters. The molecule has 2 aromatic rings. The van der Waals surface area contributed by atoms with E-state index < -0.39 is 7.12 Å². The first kappa shape index (κ1) is 18.7. The molecule has 0 bridgehead atoms. The van der Waals surface area contributed by atoms with Crippen LogP contribution in [0.15, 0.2) is 27.5 Å². The molecule has 0 amide bonds. The molecular formula is C17H21BBrNO4S. The monoisotopic (exact) mass is 425 g/mol. The minimum atomic E-state index is -0.428. The van der Waals surface area contributed by atoms with Crippen LogP contribution in [0.2, 0.25) is 0 Å². The van der Waals surface area contributed by atoms with Gasteiger partial charge in [0, 0.05) is 5.38 Å². The fourth-order valence-corrected chi connectivity index (χ4v) is 3.46. The predicted molar refractivity (Wildman–Crippen MR) is 103 cm³/mol. The molecule has 1 saturated heterocycles. The number of halogens is 1. The van der Waals surface area contributed by atoms with Gasteiger partial charge in [-0.1, -0.05) is 6.07 Å². The molecule has 0 spiro atoms. The van der Waals surface area contributed by atoms with Gasteiger partial charge in [0.1, 0.15) is 6.61 Å². The number of hydrogen-bond acceptors (Lipinski definition) is 6. The lowest BCUT2D eigenvalue weighted by Crippen LogP contribution is -2.41. The van der Waals surface area contributed by atoms with Gasteiger partial charge >= 0.3 is 7.12 Å². The van der Waals surface area contributed by atoms with E-state index in [-0.39, 0.29) is 11.2 Å². The topological polar surface area (TPSA) is 49.8 Å². The van der Waals surface area contributed by atoms with Gasteiger partial charge in [0.05, 0.1) is 24.0 Å². The van der Waals surface area contributed by atoms with Crippen LogP contribution in [0.1, 0.15) is 33.4 Å². The van der Waals surface area contributed by atoms with Crippen molar-refractivity contribution in [2.24, 2.45) is 0 Å². The van der Waals surface area contributed by atoms with Crippen LogP contribution in [0.3, 0.4) is 0 Å². The van der Waals surface area contributed by atoms with Crippen LogP contribution in [-0.4, -0.2) is 30.4 Å². The molecule has 1 aromatic carbocycles. The van der Waals surface area contributed by atoms with Gasteiger partial charge in [0.15, 0.2) is 15.4 Å².